The summed E-state index contributed by atoms with van der Waals surface area (Å²) in [6, 6.07) is 0.0791. The minimum absolute atomic E-state index is 0.0329. The maximum absolute atomic E-state index is 13.7. The summed E-state index contributed by atoms with van der Waals surface area (Å²) >= 11 is 4.62. The van der Waals surface area contributed by atoms with Gasteiger partial charge in [0.2, 0.25) is 11.8 Å². The topological polar surface area (TPSA) is 157 Å². The molecule has 0 radical (unpaired) electrons. The third kappa shape index (κ3) is 11.1. The monoisotopic (exact) mass is 594 g/mol. The van der Waals surface area contributed by atoms with Crippen LogP contribution in [0, 0.1) is 30.6 Å². The molecule has 2 rings (SSSR count). The zero-order valence-corrected chi connectivity index (χ0v) is 25.9. The molecule has 230 valence electrons. The molecule has 1 fully saturated rings. The summed E-state index contributed by atoms with van der Waals surface area (Å²) in [7, 11) is 0. The Labute approximate surface area is 248 Å². The molecule has 0 aliphatic carbocycles. The number of ether oxygens (including phenoxy) is 1. The summed E-state index contributed by atoms with van der Waals surface area (Å²) < 4.78 is 10.0. The molecule has 0 bridgehead atoms. The average Bonchev–Trinajstić information content (AvgIpc) is 3.51. The van der Waals surface area contributed by atoms with Crippen molar-refractivity contribution in [2.75, 3.05) is 13.2 Å². The molecule has 11 nitrogen and oxygen atoms in total. The molecule has 0 saturated carbocycles. The molecular weight excluding hydrogens is 548 g/mol. The molecular formula is C29H46N4O7S. The molecule has 1 aromatic rings. The van der Waals surface area contributed by atoms with Crippen molar-refractivity contribution < 1.29 is 33.2 Å². The summed E-state index contributed by atoms with van der Waals surface area (Å²) in [5.41, 5.74) is 0.0789. The van der Waals surface area contributed by atoms with E-state index in [4.69, 9.17) is 9.26 Å². The number of carbonyl (C=O) groups excluding carboxylic acids is 5. The number of nitrogens with one attached hydrogen (secondary N) is 3. The second-order valence-corrected chi connectivity index (χ2v) is 12.2. The summed E-state index contributed by atoms with van der Waals surface area (Å²) in [5.74, 6) is -2.09. The van der Waals surface area contributed by atoms with E-state index in [9.17, 15) is 24.0 Å². The molecule has 1 aliphatic heterocycles. The predicted octanol–water partition coefficient (Wildman–Crippen LogP) is 3.01. The number of hydrogen-bond donors (Lipinski definition) is 4. The van der Waals surface area contributed by atoms with Gasteiger partial charge in [-0.15, -0.1) is 0 Å². The maximum Gasteiger partial charge on any atom is 0.306 e. The van der Waals surface area contributed by atoms with Crippen molar-refractivity contribution in [2.45, 2.75) is 97.4 Å². The van der Waals surface area contributed by atoms with Crippen LogP contribution in [0.15, 0.2) is 10.6 Å². The molecule has 0 spiro atoms. The minimum Gasteiger partial charge on any atom is -0.466 e. The van der Waals surface area contributed by atoms with Crippen LogP contribution in [0.3, 0.4) is 0 Å². The number of nitrogens with zero attached hydrogens (tertiary/aromatic N) is 1. The van der Waals surface area contributed by atoms with Crippen LogP contribution >= 0.6 is 12.6 Å². The van der Waals surface area contributed by atoms with Crippen LogP contribution < -0.4 is 16.0 Å². The number of aromatic nitrogens is 1. The van der Waals surface area contributed by atoms with Crippen LogP contribution in [-0.4, -0.2) is 65.1 Å². The number of thiol groups is 1. The van der Waals surface area contributed by atoms with Gasteiger partial charge in [-0.05, 0) is 44.9 Å². The quantitative estimate of drug-likeness (QED) is 0.158. The fraction of sp³-hybridized carbons (Fsp3) is 0.724. The number of rotatable bonds is 17. The normalized spacial score (nSPS) is 18.0. The molecule has 2 heterocycles. The molecule has 12 heteroatoms. The first kappa shape index (κ1) is 34.3. The molecule has 0 unspecified atom stereocenters. The van der Waals surface area contributed by atoms with E-state index in [1.165, 1.54) is 6.07 Å². The molecule has 3 amide bonds. The Bertz CT molecular complexity index is 1060. The van der Waals surface area contributed by atoms with E-state index >= 15 is 0 Å². The van der Waals surface area contributed by atoms with E-state index in [1.54, 1.807) is 13.8 Å². The minimum atomic E-state index is -0.826. The van der Waals surface area contributed by atoms with Gasteiger partial charge in [-0.3, -0.25) is 24.0 Å². The van der Waals surface area contributed by atoms with Gasteiger partial charge in [0.05, 0.1) is 19.1 Å². The lowest BCUT2D eigenvalue weighted by Crippen LogP contribution is -2.48. The van der Waals surface area contributed by atoms with E-state index in [-0.39, 0.29) is 54.6 Å². The number of aryl methyl sites for hydroxylation is 1. The van der Waals surface area contributed by atoms with Crippen molar-refractivity contribution in [2.24, 2.45) is 23.7 Å². The number of ketones is 1. The van der Waals surface area contributed by atoms with Gasteiger partial charge >= 0.3 is 5.97 Å². The number of amides is 3. The van der Waals surface area contributed by atoms with Gasteiger partial charge in [0.15, 0.2) is 11.5 Å². The summed E-state index contributed by atoms with van der Waals surface area (Å²) in [4.78, 5) is 64.4. The van der Waals surface area contributed by atoms with Crippen LogP contribution in [-0.2, 0) is 23.9 Å². The second-order valence-electron chi connectivity index (χ2n) is 11.6. The van der Waals surface area contributed by atoms with Gasteiger partial charge in [0.1, 0.15) is 5.76 Å². The van der Waals surface area contributed by atoms with Gasteiger partial charge in [-0.2, -0.15) is 12.6 Å². The molecule has 5 atom stereocenters. The Hall–Kier alpha value is -2.89. The molecule has 41 heavy (non-hydrogen) atoms. The Balaban J connectivity index is 2.20. The Morgan fingerprint density at radius 2 is 1.85 bits per heavy atom. The fourth-order valence-corrected chi connectivity index (χ4v) is 5.21. The van der Waals surface area contributed by atoms with E-state index in [0.29, 0.717) is 43.9 Å². The smallest absolute Gasteiger partial charge is 0.306 e. The van der Waals surface area contributed by atoms with E-state index < -0.39 is 35.1 Å². The van der Waals surface area contributed by atoms with Crippen LogP contribution in [0.2, 0.25) is 0 Å². The lowest BCUT2D eigenvalue weighted by Gasteiger charge is -2.29. The molecule has 3 N–H and O–H groups in total. The van der Waals surface area contributed by atoms with Gasteiger partial charge in [0, 0.05) is 42.2 Å². The maximum atomic E-state index is 13.7. The highest BCUT2D eigenvalue weighted by Gasteiger charge is 2.35. The van der Waals surface area contributed by atoms with E-state index in [2.05, 4.69) is 33.7 Å². The summed E-state index contributed by atoms with van der Waals surface area (Å²) in [6.45, 7) is 11.9. The Morgan fingerprint density at radius 3 is 2.39 bits per heavy atom. The lowest BCUT2D eigenvalue weighted by molar-refractivity contribution is -0.143. The molecule has 1 saturated heterocycles. The van der Waals surface area contributed by atoms with Crippen molar-refractivity contribution in [1.82, 2.24) is 21.1 Å². The van der Waals surface area contributed by atoms with Gasteiger partial charge in [-0.1, -0.05) is 39.3 Å². The lowest BCUT2D eigenvalue weighted by atomic mass is 9.87. The number of hydrogen-bond acceptors (Lipinski definition) is 9. The van der Waals surface area contributed by atoms with Crippen molar-refractivity contribution in [3.8, 4) is 0 Å². The Morgan fingerprint density at radius 1 is 1.15 bits per heavy atom. The first-order valence-corrected chi connectivity index (χ1v) is 15.0. The zero-order valence-electron chi connectivity index (χ0n) is 25.0. The second kappa shape index (κ2) is 16.5. The molecule has 0 aromatic carbocycles. The summed E-state index contributed by atoms with van der Waals surface area (Å²) in [5, 5.41) is 11.7. The zero-order chi connectivity index (χ0) is 30.7. The molecule has 1 aromatic heterocycles. The highest BCUT2D eigenvalue weighted by molar-refractivity contribution is 7.81. The van der Waals surface area contributed by atoms with Crippen molar-refractivity contribution >= 4 is 42.1 Å². The van der Waals surface area contributed by atoms with Crippen LogP contribution in [0.5, 0.6) is 0 Å². The van der Waals surface area contributed by atoms with Crippen molar-refractivity contribution in [3.63, 3.8) is 0 Å². The van der Waals surface area contributed by atoms with Crippen molar-refractivity contribution in [1.29, 1.82) is 0 Å². The van der Waals surface area contributed by atoms with E-state index in [0.717, 1.165) is 0 Å². The third-order valence-electron chi connectivity index (χ3n) is 7.25. The van der Waals surface area contributed by atoms with E-state index in [1.807, 2.05) is 27.7 Å². The van der Waals surface area contributed by atoms with Gasteiger partial charge in [0.25, 0.3) is 5.91 Å². The number of Topliss-reactive ketones (excluding diaryl/α,β-unsaturated/α-hetero) is 1. The number of esters is 1. The molecule has 1 aliphatic rings. The van der Waals surface area contributed by atoms with Crippen LogP contribution in [0.4, 0.5) is 0 Å². The van der Waals surface area contributed by atoms with Gasteiger partial charge < -0.3 is 25.2 Å². The average molecular weight is 595 g/mol. The predicted molar refractivity (Wildman–Crippen MR) is 156 cm³/mol. The first-order chi connectivity index (χ1) is 19.3. The highest BCUT2D eigenvalue weighted by atomic mass is 32.1. The van der Waals surface area contributed by atoms with Gasteiger partial charge in [-0.25, -0.2) is 0 Å². The highest BCUT2D eigenvalue weighted by Crippen LogP contribution is 2.24. The number of carbonyl (C=O) groups is 5. The standard InChI is InChI=1S/C29H46N4O7S/c1-7-39-25(35)15-24(41)21(13-20-10-11-30-27(20)36)31-28(37)19(9-8-16(2)3)14-23(34)26(17(4)5)32-29(38)22-12-18(6)40-33-22/h12,16-17,19-21,24,26,41H,7-11,13-15H2,1-6H3,(H,30,36)(H,31,37)(H,32,38)/t19-,20+,21+,24+,26+/m1/s1. The summed E-state index contributed by atoms with van der Waals surface area (Å²) in [6.07, 6.45) is 2.01. The van der Waals surface area contributed by atoms with Crippen LogP contribution in [0.1, 0.15) is 89.4 Å². The van der Waals surface area contributed by atoms with Crippen LogP contribution in [0.25, 0.3) is 0 Å². The largest absolute Gasteiger partial charge is 0.466 e. The Kier molecular flexibility index (Phi) is 13.8. The fourth-order valence-electron chi connectivity index (χ4n) is 4.86. The first-order valence-electron chi connectivity index (χ1n) is 14.5. The third-order valence-corrected chi connectivity index (χ3v) is 7.79. The van der Waals surface area contributed by atoms with Crippen molar-refractivity contribution in [3.05, 3.63) is 17.5 Å². The SMILES string of the molecule is CCOC(=O)C[C@H](S)[C@H](C[C@@H]1CCNC1=O)NC(=O)[C@H](CCC(C)C)CC(=O)[C@@H](NC(=O)c1cc(C)on1)C(C)C.